The van der Waals surface area contributed by atoms with Gasteiger partial charge in [-0.2, -0.15) is 0 Å². The van der Waals surface area contributed by atoms with Gasteiger partial charge in [0.1, 0.15) is 0 Å². The Hall–Kier alpha value is -3.28. The molecule has 0 aliphatic rings. The molecule has 3 aromatic rings. The predicted octanol–water partition coefficient (Wildman–Crippen LogP) is 3.20. The first-order valence-corrected chi connectivity index (χ1v) is 8.47. The van der Waals surface area contributed by atoms with E-state index in [2.05, 4.69) is 25.6 Å². The zero-order chi connectivity index (χ0) is 18.4. The van der Waals surface area contributed by atoms with Crippen LogP contribution in [0.15, 0.2) is 54.7 Å². The molecule has 0 radical (unpaired) electrons. The summed E-state index contributed by atoms with van der Waals surface area (Å²) in [4.78, 5) is 25.2. The maximum Gasteiger partial charge on any atom is 0.251 e. The second-order valence-corrected chi connectivity index (χ2v) is 6.00. The van der Waals surface area contributed by atoms with E-state index in [1.165, 1.54) is 0 Å². The van der Waals surface area contributed by atoms with Gasteiger partial charge in [-0.25, -0.2) is 9.97 Å². The van der Waals surface area contributed by atoms with E-state index in [0.717, 1.165) is 22.8 Å². The van der Waals surface area contributed by atoms with Gasteiger partial charge in [-0.05, 0) is 56.3 Å². The van der Waals surface area contributed by atoms with Crippen LogP contribution in [-0.4, -0.2) is 27.4 Å². The van der Waals surface area contributed by atoms with Crippen LogP contribution in [0.2, 0.25) is 0 Å². The van der Waals surface area contributed by atoms with E-state index in [9.17, 15) is 4.79 Å². The molecule has 0 atom stereocenters. The molecule has 2 heterocycles. The Morgan fingerprint density at radius 1 is 1.00 bits per heavy atom. The normalized spacial score (nSPS) is 10.4. The summed E-state index contributed by atoms with van der Waals surface area (Å²) in [6, 6.07) is 14.9. The molecule has 1 amide bonds. The number of nitrogens with one attached hydrogen (secondary N) is 2. The minimum atomic E-state index is -0.102. The molecule has 0 aliphatic carbocycles. The molecule has 2 aromatic heterocycles. The van der Waals surface area contributed by atoms with E-state index in [-0.39, 0.29) is 5.91 Å². The molecule has 6 nitrogen and oxygen atoms in total. The molecule has 0 fully saturated rings. The molecule has 0 saturated carbocycles. The number of hydrogen-bond acceptors (Lipinski definition) is 5. The second-order valence-electron chi connectivity index (χ2n) is 6.00. The van der Waals surface area contributed by atoms with Crippen molar-refractivity contribution in [2.45, 2.75) is 20.3 Å². The highest BCUT2D eigenvalue weighted by Crippen LogP contribution is 2.15. The van der Waals surface area contributed by atoms with Gasteiger partial charge in [-0.1, -0.05) is 6.07 Å². The molecule has 2 N–H and O–H groups in total. The Labute approximate surface area is 152 Å². The Morgan fingerprint density at radius 3 is 2.38 bits per heavy atom. The first kappa shape index (κ1) is 17.5. The van der Waals surface area contributed by atoms with Crippen LogP contribution < -0.4 is 10.6 Å². The number of pyridine rings is 1. The Bertz CT molecular complexity index is 858. The number of amides is 1. The molecule has 6 heteroatoms. The topological polar surface area (TPSA) is 79.8 Å². The quantitative estimate of drug-likeness (QED) is 0.716. The standard InChI is InChI=1S/C20H21N5O/c1-14-13-15(2)24-20(23-14)25-18-8-6-16(7-9-18)19(26)22-12-10-17-5-3-4-11-21-17/h3-9,11,13H,10,12H2,1-2H3,(H,22,26)(H,23,24,25). The molecule has 0 spiro atoms. The van der Waals surface area contributed by atoms with Crippen LogP contribution in [0, 0.1) is 13.8 Å². The van der Waals surface area contributed by atoms with Crippen molar-refractivity contribution in [2.75, 3.05) is 11.9 Å². The van der Waals surface area contributed by atoms with Gasteiger partial charge in [0, 0.05) is 47.5 Å². The summed E-state index contributed by atoms with van der Waals surface area (Å²) in [5, 5.41) is 6.06. The number of anilines is 2. The minimum Gasteiger partial charge on any atom is -0.352 e. The Kier molecular flexibility index (Phi) is 5.53. The van der Waals surface area contributed by atoms with E-state index in [0.29, 0.717) is 24.5 Å². The average Bonchev–Trinajstić information content (AvgIpc) is 2.62. The third-order valence-electron chi connectivity index (χ3n) is 3.78. The summed E-state index contributed by atoms with van der Waals surface area (Å²) < 4.78 is 0. The van der Waals surface area contributed by atoms with Crippen LogP contribution in [-0.2, 0) is 6.42 Å². The molecule has 26 heavy (non-hydrogen) atoms. The van der Waals surface area contributed by atoms with Crippen molar-refractivity contribution in [3.05, 3.63) is 77.4 Å². The van der Waals surface area contributed by atoms with Crippen LogP contribution in [0.1, 0.15) is 27.4 Å². The maximum absolute atomic E-state index is 12.2. The fraction of sp³-hybridized carbons (Fsp3) is 0.200. The lowest BCUT2D eigenvalue weighted by Gasteiger charge is -2.08. The van der Waals surface area contributed by atoms with E-state index in [4.69, 9.17) is 0 Å². The molecule has 0 saturated heterocycles. The molecule has 132 valence electrons. The fourth-order valence-electron chi connectivity index (χ4n) is 2.57. The average molecular weight is 347 g/mol. The number of aromatic nitrogens is 3. The van der Waals surface area contributed by atoms with Gasteiger partial charge in [-0.3, -0.25) is 9.78 Å². The lowest BCUT2D eigenvalue weighted by atomic mass is 10.2. The van der Waals surface area contributed by atoms with Crippen molar-refractivity contribution >= 4 is 17.5 Å². The Morgan fingerprint density at radius 2 is 1.73 bits per heavy atom. The van der Waals surface area contributed by atoms with Crippen LogP contribution in [0.25, 0.3) is 0 Å². The monoisotopic (exact) mass is 347 g/mol. The van der Waals surface area contributed by atoms with Gasteiger partial charge in [0.2, 0.25) is 5.95 Å². The van der Waals surface area contributed by atoms with Gasteiger partial charge in [-0.15, -0.1) is 0 Å². The predicted molar refractivity (Wildman–Crippen MR) is 102 cm³/mol. The van der Waals surface area contributed by atoms with Crippen LogP contribution >= 0.6 is 0 Å². The van der Waals surface area contributed by atoms with Gasteiger partial charge < -0.3 is 10.6 Å². The summed E-state index contributed by atoms with van der Waals surface area (Å²) in [6.07, 6.45) is 2.46. The molecule has 0 unspecified atom stereocenters. The summed E-state index contributed by atoms with van der Waals surface area (Å²) >= 11 is 0. The van der Waals surface area contributed by atoms with Gasteiger partial charge >= 0.3 is 0 Å². The van der Waals surface area contributed by atoms with Crippen molar-refractivity contribution in [3.8, 4) is 0 Å². The smallest absolute Gasteiger partial charge is 0.251 e. The number of hydrogen-bond donors (Lipinski definition) is 2. The van der Waals surface area contributed by atoms with E-state index < -0.39 is 0 Å². The summed E-state index contributed by atoms with van der Waals surface area (Å²) in [6.45, 7) is 4.41. The SMILES string of the molecule is Cc1cc(C)nc(Nc2ccc(C(=O)NCCc3ccccn3)cc2)n1. The molecular weight excluding hydrogens is 326 g/mol. The maximum atomic E-state index is 12.2. The molecule has 0 aliphatic heterocycles. The first-order valence-electron chi connectivity index (χ1n) is 8.47. The minimum absolute atomic E-state index is 0.102. The second kappa shape index (κ2) is 8.20. The molecule has 1 aromatic carbocycles. The summed E-state index contributed by atoms with van der Waals surface area (Å²) in [5.74, 6) is 0.449. The van der Waals surface area contributed by atoms with Crippen molar-refractivity contribution in [1.82, 2.24) is 20.3 Å². The first-order chi connectivity index (χ1) is 12.6. The number of carbonyl (C=O) groups excluding carboxylic acids is 1. The van der Waals surface area contributed by atoms with E-state index in [1.807, 2.05) is 50.2 Å². The lowest BCUT2D eigenvalue weighted by molar-refractivity contribution is 0.0954. The van der Waals surface area contributed by atoms with Gasteiger partial charge in [0.15, 0.2) is 0 Å². The van der Waals surface area contributed by atoms with Gasteiger partial charge in [0.25, 0.3) is 5.91 Å². The third-order valence-corrected chi connectivity index (χ3v) is 3.78. The number of rotatable bonds is 6. The summed E-state index contributed by atoms with van der Waals surface area (Å²) in [7, 11) is 0. The van der Waals surface area contributed by atoms with Crippen molar-refractivity contribution in [2.24, 2.45) is 0 Å². The van der Waals surface area contributed by atoms with Crippen LogP contribution in [0.4, 0.5) is 11.6 Å². The fourth-order valence-corrected chi connectivity index (χ4v) is 2.57. The largest absolute Gasteiger partial charge is 0.352 e. The highest BCUT2D eigenvalue weighted by Gasteiger charge is 2.06. The zero-order valence-electron chi connectivity index (χ0n) is 14.9. The number of nitrogens with zero attached hydrogens (tertiary/aromatic N) is 3. The lowest BCUT2D eigenvalue weighted by Crippen LogP contribution is -2.25. The Balaban J connectivity index is 1.55. The number of carbonyl (C=O) groups is 1. The van der Waals surface area contributed by atoms with Crippen molar-refractivity contribution < 1.29 is 4.79 Å². The van der Waals surface area contributed by atoms with Crippen LogP contribution in [0.3, 0.4) is 0 Å². The molecule has 3 rings (SSSR count). The van der Waals surface area contributed by atoms with E-state index >= 15 is 0 Å². The number of benzene rings is 1. The number of aryl methyl sites for hydroxylation is 2. The highest BCUT2D eigenvalue weighted by molar-refractivity contribution is 5.94. The van der Waals surface area contributed by atoms with Crippen molar-refractivity contribution in [3.63, 3.8) is 0 Å². The zero-order valence-corrected chi connectivity index (χ0v) is 14.9. The summed E-state index contributed by atoms with van der Waals surface area (Å²) in [5.41, 5.74) is 4.21. The molecule has 0 bridgehead atoms. The van der Waals surface area contributed by atoms with Crippen molar-refractivity contribution in [1.29, 1.82) is 0 Å². The van der Waals surface area contributed by atoms with Crippen LogP contribution in [0.5, 0.6) is 0 Å². The van der Waals surface area contributed by atoms with E-state index in [1.54, 1.807) is 18.3 Å². The highest BCUT2D eigenvalue weighted by atomic mass is 16.1. The third kappa shape index (κ3) is 4.86. The molecular formula is C20H21N5O. The van der Waals surface area contributed by atoms with Gasteiger partial charge in [0.05, 0.1) is 0 Å².